The number of hydrogen-bond acceptors (Lipinski definition) is 3. The minimum absolute atomic E-state index is 0.0167. The highest BCUT2D eigenvalue weighted by Crippen LogP contribution is 2.29. The third kappa shape index (κ3) is 6.94. The van der Waals surface area contributed by atoms with E-state index in [2.05, 4.69) is 10.6 Å². The zero-order chi connectivity index (χ0) is 19.9. The summed E-state index contributed by atoms with van der Waals surface area (Å²) in [7, 11) is 0. The van der Waals surface area contributed by atoms with Crippen molar-refractivity contribution in [2.45, 2.75) is 33.6 Å². The van der Waals surface area contributed by atoms with Gasteiger partial charge in [-0.15, -0.1) is 0 Å². The van der Waals surface area contributed by atoms with Gasteiger partial charge < -0.3 is 15.4 Å². The first kappa shape index (κ1) is 20.8. The molecule has 0 aromatic heterocycles. The second-order valence-corrected chi connectivity index (χ2v) is 7.62. The molecule has 0 fully saturated rings. The van der Waals surface area contributed by atoms with Gasteiger partial charge in [0.1, 0.15) is 11.5 Å². The Hall–Kier alpha value is -2.53. The molecule has 2 N–H and O–H groups in total. The van der Waals surface area contributed by atoms with Crippen molar-refractivity contribution in [2.75, 3.05) is 11.9 Å². The molecule has 0 bridgehead atoms. The molecule has 6 heteroatoms. The molecule has 2 aromatic rings. The van der Waals surface area contributed by atoms with E-state index in [-0.39, 0.29) is 11.8 Å². The minimum Gasteiger partial charge on any atom is -0.456 e. The van der Waals surface area contributed by atoms with Gasteiger partial charge in [-0.05, 0) is 42.8 Å². The summed E-state index contributed by atoms with van der Waals surface area (Å²) in [6.07, 6.45) is 0.920. The number of ether oxygens (including phenoxy) is 1. The Labute approximate surface area is 165 Å². The number of halogens is 1. The predicted molar refractivity (Wildman–Crippen MR) is 108 cm³/mol. The molecule has 2 amide bonds. The van der Waals surface area contributed by atoms with Gasteiger partial charge in [0, 0.05) is 24.1 Å². The van der Waals surface area contributed by atoms with E-state index in [1.54, 1.807) is 36.4 Å². The lowest BCUT2D eigenvalue weighted by molar-refractivity contribution is -0.128. The Balaban J connectivity index is 1.76. The molecule has 5 nitrogen and oxygen atoms in total. The van der Waals surface area contributed by atoms with Crippen LogP contribution in [0.4, 0.5) is 5.69 Å². The lowest BCUT2D eigenvalue weighted by Gasteiger charge is -2.17. The molecule has 2 rings (SSSR count). The van der Waals surface area contributed by atoms with Crippen LogP contribution in [0.3, 0.4) is 0 Å². The van der Waals surface area contributed by atoms with Crippen LogP contribution in [0.25, 0.3) is 0 Å². The summed E-state index contributed by atoms with van der Waals surface area (Å²) in [5, 5.41) is 6.20. The maximum Gasteiger partial charge on any atom is 0.225 e. The number of para-hydroxylation sites is 1. The summed E-state index contributed by atoms with van der Waals surface area (Å²) in [5.74, 6) is 1.09. The van der Waals surface area contributed by atoms with Crippen LogP contribution in [0.5, 0.6) is 11.5 Å². The first-order valence-electron chi connectivity index (χ1n) is 8.86. The number of hydrogen-bond donors (Lipinski definition) is 2. The molecule has 0 atom stereocenters. The standard InChI is InChI=1S/C21H25ClN2O3/c1-21(2,3)20(26)23-14-6-9-19(25)24-15-10-12-16(13-11-15)27-18-8-5-4-7-17(18)22/h4-5,7-8,10-13H,6,9,14H2,1-3H3,(H,23,26)(H,24,25). The Kier molecular flexibility index (Phi) is 7.25. The number of anilines is 1. The average Bonchev–Trinajstić information content (AvgIpc) is 2.61. The van der Waals surface area contributed by atoms with Crippen molar-refractivity contribution in [2.24, 2.45) is 5.41 Å². The van der Waals surface area contributed by atoms with Gasteiger partial charge in [-0.25, -0.2) is 0 Å². The minimum atomic E-state index is -0.421. The number of nitrogens with one attached hydrogen (secondary N) is 2. The van der Waals surface area contributed by atoms with Crippen LogP contribution in [0.15, 0.2) is 48.5 Å². The fourth-order valence-corrected chi connectivity index (χ4v) is 2.37. The van der Waals surface area contributed by atoms with E-state index in [9.17, 15) is 9.59 Å². The van der Waals surface area contributed by atoms with Gasteiger partial charge in [0.2, 0.25) is 11.8 Å². The molecule has 27 heavy (non-hydrogen) atoms. The van der Waals surface area contributed by atoms with Crippen molar-refractivity contribution < 1.29 is 14.3 Å². The van der Waals surface area contributed by atoms with Crippen LogP contribution in [-0.4, -0.2) is 18.4 Å². The van der Waals surface area contributed by atoms with Crippen molar-refractivity contribution in [3.63, 3.8) is 0 Å². The first-order chi connectivity index (χ1) is 12.8. The zero-order valence-electron chi connectivity index (χ0n) is 15.8. The SMILES string of the molecule is CC(C)(C)C(=O)NCCCC(=O)Nc1ccc(Oc2ccccc2Cl)cc1. The van der Waals surface area contributed by atoms with Gasteiger partial charge in [0.25, 0.3) is 0 Å². The molecule has 0 unspecified atom stereocenters. The molecule has 0 saturated carbocycles. The number of amides is 2. The predicted octanol–water partition coefficient (Wildman–Crippen LogP) is 5.01. The highest BCUT2D eigenvalue weighted by atomic mass is 35.5. The fourth-order valence-electron chi connectivity index (χ4n) is 2.20. The van der Waals surface area contributed by atoms with Crippen LogP contribution < -0.4 is 15.4 Å². The van der Waals surface area contributed by atoms with E-state index in [4.69, 9.17) is 16.3 Å². The Morgan fingerprint density at radius 3 is 2.33 bits per heavy atom. The topological polar surface area (TPSA) is 67.4 Å². The van der Waals surface area contributed by atoms with Crippen LogP contribution >= 0.6 is 11.6 Å². The summed E-state index contributed by atoms with van der Waals surface area (Å²) in [6.45, 7) is 6.05. The molecule has 0 radical (unpaired) electrons. The van der Waals surface area contributed by atoms with E-state index in [1.165, 1.54) is 0 Å². The highest BCUT2D eigenvalue weighted by molar-refractivity contribution is 6.32. The van der Waals surface area contributed by atoms with Gasteiger partial charge in [0.15, 0.2) is 0 Å². The zero-order valence-corrected chi connectivity index (χ0v) is 16.6. The maximum atomic E-state index is 12.0. The molecule has 0 aliphatic rings. The number of benzene rings is 2. The molecule has 144 valence electrons. The monoisotopic (exact) mass is 388 g/mol. The number of rotatable bonds is 7. The largest absolute Gasteiger partial charge is 0.456 e. The summed E-state index contributed by atoms with van der Waals surface area (Å²) in [6, 6.07) is 14.3. The molecule has 0 spiro atoms. The van der Waals surface area contributed by atoms with Gasteiger partial charge in [0.05, 0.1) is 5.02 Å². The first-order valence-corrected chi connectivity index (χ1v) is 9.24. The molecule has 0 aliphatic heterocycles. The van der Waals surface area contributed by atoms with Gasteiger partial charge >= 0.3 is 0 Å². The fraction of sp³-hybridized carbons (Fsp3) is 0.333. The van der Waals surface area contributed by atoms with Crippen molar-refractivity contribution in [1.29, 1.82) is 0 Å². The Morgan fingerprint density at radius 1 is 1.04 bits per heavy atom. The highest BCUT2D eigenvalue weighted by Gasteiger charge is 2.20. The molecule has 0 heterocycles. The van der Waals surface area contributed by atoms with Crippen LogP contribution in [0.2, 0.25) is 5.02 Å². The second-order valence-electron chi connectivity index (χ2n) is 7.21. The van der Waals surface area contributed by atoms with E-state index < -0.39 is 5.41 Å². The third-order valence-electron chi connectivity index (χ3n) is 3.75. The Bertz CT molecular complexity index is 783. The van der Waals surface area contributed by atoms with Crippen LogP contribution in [-0.2, 0) is 9.59 Å². The third-order valence-corrected chi connectivity index (χ3v) is 4.06. The number of carbonyl (C=O) groups excluding carboxylic acids is 2. The van der Waals surface area contributed by atoms with Crippen LogP contribution in [0, 0.1) is 5.41 Å². The van der Waals surface area contributed by atoms with Gasteiger partial charge in [-0.2, -0.15) is 0 Å². The Morgan fingerprint density at radius 2 is 1.70 bits per heavy atom. The molecule has 2 aromatic carbocycles. The quantitative estimate of drug-likeness (QED) is 0.655. The molecule has 0 aliphatic carbocycles. The van der Waals surface area contributed by atoms with E-state index in [1.807, 2.05) is 32.9 Å². The smallest absolute Gasteiger partial charge is 0.225 e. The van der Waals surface area contributed by atoms with Gasteiger partial charge in [-0.3, -0.25) is 9.59 Å². The van der Waals surface area contributed by atoms with E-state index >= 15 is 0 Å². The molecule has 0 saturated heterocycles. The molecular formula is C21H25ClN2O3. The lowest BCUT2D eigenvalue weighted by Crippen LogP contribution is -2.35. The number of carbonyl (C=O) groups is 2. The summed E-state index contributed by atoms with van der Waals surface area (Å²) >= 11 is 6.07. The second kappa shape index (κ2) is 9.42. The summed E-state index contributed by atoms with van der Waals surface area (Å²) < 4.78 is 5.71. The normalized spacial score (nSPS) is 11.0. The van der Waals surface area contributed by atoms with Gasteiger partial charge in [-0.1, -0.05) is 44.5 Å². The average molecular weight is 389 g/mol. The van der Waals surface area contributed by atoms with Crippen molar-refractivity contribution >= 4 is 29.1 Å². The summed E-state index contributed by atoms with van der Waals surface area (Å²) in [5.41, 5.74) is 0.265. The van der Waals surface area contributed by atoms with Crippen molar-refractivity contribution in [3.8, 4) is 11.5 Å². The lowest BCUT2D eigenvalue weighted by atomic mass is 9.96. The maximum absolute atomic E-state index is 12.0. The van der Waals surface area contributed by atoms with Crippen molar-refractivity contribution in [3.05, 3.63) is 53.6 Å². The molecular weight excluding hydrogens is 364 g/mol. The summed E-state index contributed by atoms with van der Waals surface area (Å²) in [4.78, 5) is 23.8. The van der Waals surface area contributed by atoms with Crippen LogP contribution in [0.1, 0.15) is 33.6 Å². The van der Waals surface area contributed by atoms with Crippen molar-refractivity contribution in [1.82, 2.24) is 5.32 Å². The van der Waals surface area contributed by atoms with E-state index in [0.717, 1.165) is 0 Å². The van der Waals surface area contributed by atoms with E-state index in [0.29, 0.717) is 41.6 Å².